The van der Waals surface area contributed by atoms with E-state index in [9.17, 15) is 25.9 Å². The van der Waals surface area contributed by atoms with Crippen molar-refractivity contribution >= 4 is 45.5 Å². The molecule has 138 valence electrons. The van der Waals surface area contributed by atoms with E-state index in [-0.39, 0.29) is 24.0 Å². The summed E-state index contributed by atoms with van der Waals surface area (Å²) in [5.41, 5.74) is 0.368. The Morgan fingerprint density at radius 1 is 0.792 bits per heavy atom. The molecule has 0 heterocycles. The third-order valence-electron chi connectivity index (χ3n) is 3.66. The molecule has 0 radical (unpaired) electrons. The quantitative estimate of drug-likeness (QED) is 0.346. The van der Waals surface area contributed by atoms with Crippen LogP contribution in [0.5, 0.6) is 0 Å². The van der Waals surface area contributed by atoms with E-state index in [0.717, 1.165) is 0 Å². The van der Waals surface area contributed by atoms with E-state index >= 15 is 0 Å². The number of hydrogen-bond donors (Lipinski definition) is 4. The second-order valence-electron chi connectivity index (χ2n) is 5.37. The number of benzene rings is 1. The summed E-state index contributed by atoms with van der Waals surface area (Å²) in [5.74, 6) is 0.852. The molecule has 0 spiro atoms. The lowest BCUT2D eigenvalue weighted by Crippen LogP contribution is -2.19. The topological polar surface area (TPSA) is 109 Å². The summed E-state index contributed by atoms with van der Waals surface area (Å²) in [6.45, 7) is 0. The first-order valence-corrected chi connectivity index (χ1v) is 11.6. The van der Waals surface area contributed by atoms with E-state index in [4.69, 9.17) is 0 Å². The van der Waals surface area contributed by atoms with E-state index in [1.807, 2.05) is 0 Å². The monoisotopic (exact) mass is 414 g/mol. The Hall–Kier alpha value is -0.260. The molecule has 0 aliphatic carbocycles. The van der Waals surface area contributed by atoms with Gasteiger partial charge in [-0.15, -0.1) is 0 Å². The standard InChI is InChI=1S/C14H22O6S4/c15-23(16,17)13(7-3-9-21)11-5-1-2-6-12(11)14(8-4-10-22)24(18,19)20/h1-2,5-6,13-14,21-22H,3-4,7-10H2,(H,15,16,17)(H,18,19,20). The zero-order valence-electron chi connectivity index (χ0n) is 12.9. The van der Waals surface area contributed by atoms with Crippen LogP contribution in [0.4, 0.5) is 0 Å². The van der Waals surface area contributed by atoms with Gasteiger partial charge in [-0.25, -0.2) is 0 Å². The van der Waals surface area contributed by atoms with Gasteiger partial charge in [0.2, 0.25) is 0 Å². The third kappa shape index (κ3) is 6.23. The molecule has 10 heteroatoms. The van der Waals surface area contributed by atoms with Gasteiger partial charge in [-0.05, 0) is 48.3 Å². The zero-order valence-corrected chi connectivity index (χ0v) is 16.4. The van der Waals surface area contributed by atoms with Gasteiger partial charge >= 0.3 is 0 Å². The highest BCUT2D eigenvalue weighted by Crippen LogP contribution is 2.36. The number of rotatable bonds is 10. The van der Waals surface area contributed by atoms with Crippen molar-refractivity contribution in [3.05, 3.63) is 35.4 Å². The van der Waals surface area contributed by atoms with Crippen molar-refractivity contribution in [2.45, 2.75) is 36.2 Å². The maximum Gasteiger partial charge on any atom is 0.272 e. The molecule has 0 saturated carbocycles. The second-order valence-corrected chi connectivity index (χ2v) is 9.46. The Labute approximate surface area is 154 Å². The number of thiol groups is 2. The molecule has 0 saturated heterocycles. The summed E-state index contributed by atoms with van der Waals surface area (Å²) in [7, 11) is -8.88. The first-order chi connectivity index (χ1) is 11.1. The van der Waals surface area contributed by atoms with Gasteiger partial charge in [-0.2, -0.15) is 42.1 Å². The molecule has 0 bridgehead atoms. The van der Waals surface area contributed by atoms with Crippen molar-refractivity contribution in [3.63, 3.8) is 0 Å². The minimum absolute atomic E-state index is 0.101. The Morgan fingerprint density at radius 3 is 1.38 bits per heavy atom. The molecule has 0 fully saturated rings. The molecule has 24 heavy (non-hydrogen) atoms. The first-order valence-electron chi connectivity index (χ1n) is 7.36. The van der Waals surface area contributed by atoms with E-state index < -0.39 is 30.7 Å². The Bertz CT molecular complexity index is 666. The van der Waals surface area contributed by atoms with E-state index in [1.165, 1.54) is 12.1 Å². The van der Waals surface area contributed by atoms with Crippen LogP contribution in [0.25, 0.3) is 0 Å². The van der Waals surface area contributed by atoms with Crippen LogP contribution in [0.2, 0.25) is 0 Å². The average molecular weight is 415 g/mol. The molecule has 1 aromatic carbocycles. The zero-order chi connectivity index (χ0) is 18.4. The summed E-state index contributed by atoms with van der Waals surface area (Å²) in [6.07, 6.45) is 1.05. The Balaban J connectivity index is 3.44. The molecular formula is C14H22O6S4. The molecule has 0 aliphatic heterocycles. The largest absolute Gasteiger partial charge is 0.285 e. The van der Waals surface area contributed by atoms with Gasteiger partial charge in [0.05, 0.1) is 0 Å². The van der Waals surface area contributed by atoms with Crippen LogP contribution in [0.15, 0.2) is 24.3 Å². The van der Waals surface area contributed by atoms with Crippen molar-refractivity contribution in [3.8, 4) is 0 Å². The van der Waals surface area contributed by atoms with Gasteiger partial charge in [0.15, 0.2) is 0 Å². The number of hydrogen-bond acceptors (Lipinski definition) is 6. The van der Waals surface area contributed by atoms with Crippen LogP contribution in [-0.2, 0) is 20.2 Å². The van der Waals surface area contributed by atoms with E-state index in [1.54, 1.807) is 12.1 Å². The maximum atomic E-state index is 11.8. The molecular weight excluding hydrogens is 392 g/mol. The Kier molecular flexibility index (Phi) is 8.57. The van der Waals surface area contributed by atoms with Gasteiger partial charge in [0.1, 0.15) is 10.5 Å². The minimum Gasteiger partial charge on any atom is -0.285 e. The van der Waals surface area contributed by atoms with Crippen molar-refractivity contribution in [1.29, 1.82) is 0 Å². The fraction of sp³-hybridized carbons (Fsp3) is 0.571. The fourth-order valence-electron chi connectivity index (χ4n) is 2.58. The molecule has 0 aliphatic rings. The lowest BCUT2D eigenvalue weighted by atomic mass is 9.97. The highest BCUT2D eigenvalue weighted by atomic mass is 32.2. The van der Waals surface area contributed by atoms with Crippen LogP contribution in [0.1, 0.15) is 47.3 Å². The summed E-state index contributed by atoms with van der Waals surface area (Å²) < 4.78 is 66.3. The van der Waals surface area contributed by atoms with Gasteiger partial charge in [0, 0.05) is 0 Å². The molecule has 0 amide bonds. The lowest BCUT2D eigenvalue weighted by Gasteiger charge is -2.22. The maximum absolute atomic E-state index is 11.8. The first kappa shape index (κ1) is 21.8. The van der Waals surface area contributed by atoms with Gasteiger partial charge in [-0.3, -0.25) is 9.11 Å². The van der Waals surface area contributed by atoms with Crippen LogP contribution < -0.4 is 0 Å². The highest BCUT2D eigenvalue weighted by Gasteiger charge is 2.33. The van der Waals surface area contributed by atoms with Crippen LogP contribution >= 0.6 is 25.3 Å². The van der Waals surface area contributed by atoms with Crippen molar-refractivity contribution in [1.82, 2.24) is 0 Å². The molecule has 2 unspecified atom stereocenters. The second kappa shape index (κ2) is 9.44. The molecule has 1 aromatic rings. The van der Waals surface area contributed by atoms with Crippen molar-refractivity contribution in [2.75, 3.05) is 11.5 Å². The minimum atomic E-state index is -4.44. The summed E-state index contributed by atoms with van der Waals surface area (Å²) >= 11 is 8.08. The smallest absolute Gasteiger partial charge is 0.272 e. The fourth-order valence-corrected chi connectivity index (χ4v) is 4.95. The lowest BCUT2D eigenvalue weighted by molar-refractivity contribution is 0.455. The normalized spacial score (nSPS) is 15.2. The Morgan fingerprint density at radius 2 is 1.12 bits per heavy atom. The third-order valence-corrected chi connectivity index (χ3v) is 6.71. The SMILES string of the molecule is O=S(=O)(O)C(CCCS)c1ccccc1C(CCCS)S(=O)(=O)O. The van der Waals surface area contributed by atoms with Crippen molar-refractivity contribution < 1.29 is 25.9 Å². The summed E-state index contributed by atoms with van der Waals surface area (Å²) in [5, 5.41) is -2.53. The molecule has 1 rings (SSSR count). The molecule has 6 nitrogen and oxygen atoms in total. The van der Waals surface area contributed by atoms with E-state index in [2.05, 4.69) is 25.3 Å². The van der Waals surface area contributed by atoms with Crippen LogP contribution in [-0.4, -0.2) is 37.4 Å². The predicted octanol–water partition coefficient (Wildman–Crippen LogP) is 2.96. The van der Waals surface area contributed by atoms with Gasteiger partial charge < -0.3 is 0 Å². The summed E-state index contributed by atoms with van der Waals surface area (Å²) in [6, 6.07) is 6.06. The van der Waals surface area contributed by atoms with Gasteiger partial charge in [0.25, 0.3) is 20.2 Å². The van der Waals surface area contributed by atoms with Gasteiger partial charge in [-0.1, -0.05) is 24.3 Å². The molecule has 2 N–H and O–H groups in total. The summed E-state index contributed by atoms with van der Waals surface area (Å²) in [4.78, 5) is 0. The van der Waals surface area contributed by atoms with Crippen LogP contribution in [0, 0.1) is 0 Å². The van der Waals surface area contributed by atoms with Crippen molar-refractivity contribution in [2.24, 2.45) is 0 Å². The molecule has 2 atom stereocenters. The van der Waals surface area contributed by atoms with E-state index in [0.29, 0.717) is 24.3 Å². The molecule has 0 aromatic heterocycles. The average Bonchev–Trinajstić information content (AvgIpc) is 2.46. The van der Waals surface area contributed by atoms with Crippen LogP contribution in [0.3, 0.4) is 0 Å². The highest BCUT2D eigenvalue weighted by molar-refractivity contribution is 7.86. The predicted molar refractivity (Wildman–Crippen MR) is 101 cm³/mol.